The van der Waals surface area contributed by atoms with Gasteiger partial charge in [0.05, 0.1) is 6.26 Å². The number of benzene rings is 1. The number of hydrogen-bond donors (Lipinski definition) is 1. The lowest BCUT2D eigenvalue weighted by molar-refractivity contribution is -0.176. The van der Waals surface area contributed by atoms with Gasteiger partial charge >= 0.3 is 5.97 Å². The minimum Gasteiger partial charge on any atom is -0.461 e. The Balaban J connectivity index is 2.12. The zero-order valence-electron chi connectivity index (χ0n) is 13.8. The van der Waals surface area contributed by atoms with Crippen molar-refractivity contribution in [3.8, 4) is 0 Å². The third kappa shape index (κ3) is 4.78. The highest BCUT2D eigenvalue weighted by Crippen LogP contribution is 2.40. The van der Waals surface area contributed by atoms with Crippen LogP contribution in [0.2, 0.25) is 0 Å². The molecular weight excluding hydrogens is 332 g/mol. The smallest absolute Gasteiger partial charge is 0.343 e. The molecule has 134 valence electrons. The molecule has 1 fully saturated rings. The minimum absolute atomic E-state index is 0.211. The zero-order valence-corrected chi connectivity index (χ0v) is 14.6. The highest BCUT2D eigenvalue weighted by atomic mass is 32.2. The molecule has 24 heavy (non-hydrogen) atoms. The second kappa shape index (κ2) is 8.09. The van der Waals surface area contributed by atoms with E-state index in [0.717, 1.165) is 38.4 Å². The van der Waals surface area contributed by atoms with E-state index in [4.69, 9.17) is 4.74 Å². The van der Waals surface area contributed by atoms with Crippen molar-refractivity contribution in [3.63, 3.8) is 0 Å². The summed E-state index contributed by atoms with van der Waals surface area (Å²) < 4.78 is 31.5. The van der Waals surface area contributed by atoms with Crippen LogP contribution in [0.1, 0.15) is 37.7 Å². The molecule has 1 N–H and O–H groups in total. The summed E-state index contributed by atoms with van der Waals surface area (Å²) in [6, 6.07) is 8.77. The number of carbonyl (C=O) groups excluding carboxylic acids is 1. The van der Waals surface area contributed by atoms with Gasteiger partial charge in [0.1, 0.15) is 13.2 Å². The van der Waals surface area contributed by atoms with E-state index in [-0.39, 0.29) is 19.1 Å². The molecule has 6 nitrogen and oxygen atoms in total. The van der Waals surface area contributed by atoms with E-state index < -0.39 is 21.7 Å². The molecule has 1 saturated carbocycles. The van der Waals surface area contributed by atoms with Gasteiger partial charge in [-0.3, -0.25) is 4.18 Å². The monoisotopic (exact) mass is 356 g/mol. The van der Waals surface area contributed by atoms with Crippen molar-refractivity contribution in [2.75, 3.05) is 19.5 Å². The maximum absolute atomic E-state index is 12.6. The Kier molecular flexibility index (Phi) is 6.37. The van der Waals surface area contributed by atoms with Gasteiger partial charge in [0.2, 0.25) is 0 Å². The average molecular weight is 356 g/mol. The normalized spacial score (nSPS) is 18.8. The molecule has 2 rings (SSSR count). The number of hydrogen-bond acceptors (Lipinski definition) is 6. The van der Waals surface area contributed by atoms with Crippen LogP contribution in [0.25, 0.3) is 0 Å². The number of esters is 1. The molecule has 1 aliphatic carbocycles. The van der Waals surface area contributed by atoms with Crippen LogP contribution < -0.4 is 0 Å². The fourth-order valence-electron chi connectivity index (χ4n) is 3.16. The molecule has 1 aromatic rings. The number of ether oxygens (including phenoxy) is 1. The summed E-state index contributed by atoms with van der Waals surface area (Å²) in [6.07, 6.45) is 5.45. The molecule has 1 aromatic carbocycles. The maximum atomic E-state index is 12.6. The van der Waals surface area contributed by atoms with Crippen molar-refractivity contribution in [1.82, 2.24) is 0 Å². The van der Waals surface area contributed by atoms with E-state index in [1.54, 1.807) is 24.3 Å². The first-order chi connectivity index (χ1) is 11.3. The van der Waals surface area contributed by atoms with Crippen LogP contribution in [0.15, 0.2) is 30.3 Å². The Morgan fingerprint density at radius 3 is 2.38 bits per heavy atom. The summed E-state index contributed by atoms with van der Waals surface area (Å²) in [4.78, 5) is 12.6. The molecular formula is C17H24O6S. The first kappa shape index (κ1) is 18.9. The maximum Gasteiger partial charge on any atom is 0.343 e. The topological polar surface area (TPSA) is 89.9 Å². The fraction of sp³-hybridized carbons (Fsp3) is 0.588. The number of carbonyl (C=O) groups is 1. The Morgan fingerprint density at radius 1 is 1.17 bits per heavy atom. The van der Waals surface area contributed by atoms with Crippen LogP contribution in [0, 0.1) is 5.92 Å². The van der Waals surface area contributed by atoms with E-state index in [2.05, 4.69) is 4.18 Å². The van der Waals surface area contributed by atoms with Crippen molar-refractivity contribution >= 4 is 16.1 Å². The SMILES string of the molecule is CS(=O)(=O)OCCOC(=O)[C@](O)(c1ccccc1)C1CCCCC1. The first-order valence-corrected chi connectivity index (χ1v) is 9.95. The predicted octanol–water partition coefficient (Wildman–Crippen LogP) is 1.97. The average Bonchev–Trinajstić information content (AvgIpc) is 2.58. The lowest BCUT2D eigenvalue weighted by Gasteiger charge is -2.36. The van der Waals surface area contributed by atoms with Gasteiger partial charge in [0.25, 0.3) is 10.1 Å². The van der Waals surface area contributed by atoms with Gasteiger partial charge < -0.3 is 9.84 Å². The van der Waals surface area contributed by atoms with E-state index >= 15 is 0 Å². The van der Waals surface area contributed by atoms with Gasteiger partial charge in [-0.05, 0) is 18.4 Å². The van der Waals surface area contributed by atoms with Crippen LogP contribution in [0.4, 0.5) is 0 Å². The predicted molar refractivity (Wildman–Crippen MR) is 88.7 cm³/mol. The van der Waals surface area contributed by atoms with Gasteiger partial charge in [-0.1, -0.05) is 49.6 Å². The lowest BCUT2D eigenvalue weighted by atomic mass is 9.73. The van der Waals surface area contributed by atoms with Crippen LogP contribution in [0.3, 0.4) is 0 Å². The van der Waals surface area contributed by atoms with Crippen LogP contribution in [-0.2, 0) is 29.4 Å². The first-order valence-electron chi connectivity index (χ1n) is 8.13. The largest absolute Gasteiger partial charge is 0.461 e. The van der Waals surface area contributed by atoms with E-state index in [1.807, 2.05) is 6.07 Å². The molecule has 7 heteroatoms. The van der Waals surface area contributed by atoms with Crippen LogP contribution in [0.5, 0.6) is 0 Å². The van der Waals surface area contributed by atoms with Gasteiger partial charge in [-0.15, -0.1) is 0 Å². The molecule has 1 atom stereocenters. The summed E-state index contributed by atoms with van der Waals surface area (Å²) in [5.41, 5.74) is -1.21. The Bertz CT molecular complexity index is 636. The summed E-state index contributed by atoms with van der Waals surface area (Å²) in [7, 11) is -3.58. The number of rotatable bonds is 7. The molecule has 0 bridgehead atoms. The Morgan fingerprint density at radius 2 is 1.79 bits per heavy atom. The van der Waals surface area contributed by atoms with Crippen molar-refractivity contribution in [3.05, 3.63) is 35.9 Å². The van der Waals surface area contributed by atoms with Crippen molar-refractivity contribution < 1.29 is 27.2 Å². The van der Waals surface area contributed by atoms with E-state index in [0.29, 0.717) is 5.56 Å². The molecule has 0 radical (unpaired) electrons. The van der Waals surface area contributed by atoms with Gasteiger partial charge in [-0.25, -0.2) is 4.79 Å². The summed E-state index contributed by atoms with van der Waals surface area (Å²) in [5, 5.41) is 11.2. The summed E-state index contributed by atoms with van der Waals surface area (Å²) >= 11 is 0. The molecule has 0 amide bonds. The fourth-order valence-corrected chi connectivity index (χ4v) is 3.53. The molecule has 1 aliphatic rings. The summed E-state index contributed by atoms with van der Waals surface area (Å²) in [5.74, 6) is -0.963. The van der Waals surface area contributed by atoms with Gasteiger partial charge in [0.15, 0.2) is 5.60 Å². The highest BCUT2D eigenvalue weighted by Gasteiger charge is 2.47. The molecule has 0 saturated heterocycles. The highest BCUT2D eigenvalue weighted by molar-refractivity contribution is 7.85. The zero-order chi connectivity index (χ0) is 17.6. The minimum atomic E-state index is -3.58. The quantitative estimate of drug-likeness (QED) is 0.456. The lowest BCUT2D eigenvalue weighted by Crippen LogP contribution is -2.45. The second-order valence-electron chi connectivity index (χ2n) is 6.13. The van der Waals surface area contributed by atoms with E-state index in [1.165, 1.54) is 0 Å². The molecule has 0 aliphatic heterocycles. The molecule has 0 heterocycles. The molecule has 0 spiro atoms. The molecule has 0 aromatic heterocycles. The van der Waals surface area contributed by atoms with E-state index in [9.17, 15) is 18.3 Å². The standard InChI is InChI=1S/C17H24O6S/c1-24(20,21)23-13-12-22-16(18)17(19,14-8-4-2-5-9-14)15-10-6-3-7-11-15/h2,4-5,8-9,15,19H,3,6-7,10-13H2,1H3/t17-/m0/s1. The molecule has 0 unspecified atom stereocenters. The van der Waals surface area contributed by atoms with Crippen LogP contribution in [-0.4, -0.2) is 39.0 Å². The van der Waals surface area contributed by atoms with Crippen molar-refractivity contribution in [1.29, 1.82) is 0 Å². The number of aliphatic hydroxyl groups is 1. The van der Waals surface area contributed by atoms with Gasteiger partial charge in [0, 0.05) is 5.92 Å². The Labute approximate surface area is 142 Å². The summed E-state index contributed by atoms with van der Waals surface area (Å²) in [6.45, 7) is -0.492. The third-order valence-corrected chi connectivity index (χ3v) is 4.93. The van der Waals surface area contributed by atoms with Crippen molar-refractivity contribution in [2.24, 2.45) is 5.92 Å². The third-order valence-electron chi connectivity index (χ3n) is 4.33. The van der Waals surface area contributed by atoms with Crippen LogP contribution >= 0.6 is 0 Å². The Hall–Kier alpha value is -1.44. The van der Waals surface area contributed by atoms with Crippen molar-refractivity contribution in [2.45, 2.75) is 37.7 Å². The van der Waals surface area contributed by atoms with Gasteiger partial charge in [-0.2, -0.15) is 8.42 Å². The second-order valence-corrected chi connectivity index (χ2v) is 7.77.